The molecule has 0 unspecified atom stereocenters. The summed E-state index contributed by atoms with van der Waals surface area (Å²) in [6, 6.07) is 30.9. The summed E-state index contributed by atoms with van der Waals surface area (Å²) in [5.74, 6) is 0. The van der Waals surface area contributed by atoms with Crippen LogP contribution in [0.4, 0.5) is 20.1 Å². The number of rotatable bonds is 16. The molecule has 4 aromatic rings. The standard InChI is InChI=1S/C36H35NO11/c38-34(43-19-16-27-10-4-1-5-11-27)46-24-30-22-31(25-47-35(39)44-20-17-28-12-6-2-7-13-28)33(37(41)42)32(23-30)26-48-36(40)45-21-18-29-14-8-3-9-15-29/h1-15,22-23H,16-21,24-26H2. The summed E-state index contributed by atoms with van der Waals surface area (Å²) in [4.78, 5) is 48.4. The fourth-order valence-corrected chi connectivity index (χ4v) is 4.60. The van der Waals surface area contributed by atoms with Gasteiger partial charge in [0.05, 0.1) is 35.9 Å². The molecule has 0 aliphatic carbocycles. The molecule has 0 aliphatic heterocycles. The maximum Gasteiger partial charge on any atom is 0.508 e. The van der Waals surface area contributed by atoms with Crippen LogP contribution in [-0.4, -0.2) is 43.2 Å². The van der Waals surface area contributed by atoms with E-state index in [9.17, 15) is 24.5 Å². The van der Waals surface area contributed by atoms with Crippen LogP contribution < -0.4 is 0 Å². The molecule has 0 fully saturated rings. The second kappa shape index (κ2) is 18.9. The number of nitrogens with zero attached hydrogens (tertiary/aromatic N) is 1. The Morgan fingerprint density at radius 2 is 0.812 bits per heavy atom. The number of ether oxygens (including phenoxy) is 6. The molecular formula is C36H35NO11. The molecule has 0 spiro atoms. The third kappa shape index (κ3) is 12.1. The molecule has 0 saturated carbocycles. The minimum absolute atomic E-state index is 0.0328. The molecule has 4 rings (SSSR count). The summed E-state index contributed by atoms with van der Waals surface area (Å²) < 4.78 is 31.0. The van der Waals surface area contributed by atoms with Gasteiger partial charge >= 0.3 is 18.5 Å². The van der Waals surface area contributed by atoms with Crippen molar-refractivity contribution < 1.29 is 47.7 Å². The van der Waals surface area contributed by atoms with Gasteiger partial charge in [-0.1, -0.05) is 91.0 Å². The molecule has 0 radical (unpaired) electrons. The fourth-order valence-electron chi connectivity index (χ4n) is 4.60. The van der Waals surface area contributed by atoms with Crippen molar-refractivity contribution in [1.82, 2.24) is 0 Å². The van der Waals surface area contributed by atoms with Gasteiger partial charge in [0.2, 0.25) is 0 Å². The van der Waals surface area contributed by atoms with Gasteiger partial charge in [0.15, 0.2) is 0 Å². The van der Waals surface area contributed by atoms with Crippen LogP contribution in [0.1, 0.15) is 33.4 Å². The molecule has 0 atom stereocenters. The van der Waals surface area contributed by atoms with Crippen molar-refractivity contribution in [2.75, 3.05) is 19.8 Å². The highest BCUT2D eigenvalue weighted by atomic mass is 16.7. The molecule has 0 bridgehead atoms. The van der Waals surface area contributed by atoms with E-state index in [0.29, 0.717) is 24.8 Å². The third-order valence-corrected chi connectivity index (χ3v) is 6.92. The number of carbonyl (C=O) groups is 3. The van der Waals surface area contributed by atoms with Crippen LogP contribution in [-0.2, 0) is 67.5 Å². The van der Waals surface area contributed by atoms with E-state index in [1.165, 1.54) is 12.1 Å². The zero-order chi connectivity index (χ0) is 34.0. The second-order valence-electron chi connectivity index (χ2n) is 10.4. The Labute approximate surface area is 277 Å². The van der Waals surface area contributed by atoms with E-state index in [0.717, 1.165) is 16.7 Å². The first-order valence-electron chi connectivity index (χ1n) is 15.2. The number of carbonyl (C=O) groups excluding carboxylic acids is 3. The summed E-state index contributed by atoms with van der Waals surface area (Å²) in [6.45, 7) is -1.24. The quantitative estimate of drug-likeness (QED) is 0.0517. The summed E-state index contributed by atoms with van der Waals surface area (Å²) in [7, 11) is 0. The largest absolute Gasteiger partial charge is 0.508 e. The normalized spacial score (nSPS) is 10.4. The van der Waals surface area contributed by atoms with Crippen LogP contribution >= 0.6 is 0 Å². The predicted octanol–water partition coefficient (Wildman–Crippen LogP) is 7.28. The van der Waals surface area contributed by atoms with Gasteiger partial charge in [-0.15, -0.1) is 0 Å². The Morgan fingerprint density at radius 1 is 0.479 bits per heavy atom. The van der Waals surface area contributed by atoms with Crippen molar-refractivity contribution in [1.29, 1.82) is 0 Å². The molecule has 0 aromatic heterocycles. The average molecular weight is 658 g/mol. The summed E-state index contributed by atoms with van der Waals surface area (Å²) >= 11 is 0. The summed E-state index contributed by atoms with van der Waals surface area (Å²) in [5, 5.41) is 12.2. The van der Waals surface area contributed by atoms with Crippen LogP contribution in [0.2, 0.25) is 0 Å². The first-order chi connectivity index (χ1) is 23.4. The van der Waals surface area contributed by atoms with E-state index in [1.54, 1.807) is 0 Å². The fraction of sp³-hybridized carbons (Fsp3) is 0.250. The van der Waals surface area contributed by atoms with Gasteiger partial charge in [-0.2, -0.15) is 0 Å². The van der Waals surface area contributed by atoms with Gasteiger partial charge < -0.3 is 28.4 Å². The number of nitro benzene ring substituents is 1. The van der Waals surface area contributed by atoms with Crippen molar-refractivity contribution >= 4 is 24.2 Å². The lowest BCUT2D eigenvalue weighted by atomic mass is 10.0. The molecule has 0 heterocycles. The van der Waals surface area contributed by atoms with Gasteiger partial charge in [-0.25, -0.2) is 14.4 Å². The highest BCUT2D eigenvalue weighted by molar-refractivity contribution is 5.62. The lowest BCUT2D eigenvalue weighted by Crippen LogP contribution is -2.14. The van der Waals surface area contributed by atoms with E-state index in [-0.39, 0.29) is 37.6 Å². The molecule has 0 saturated heterocycles. The average Bonchev–Trinajstić information content (AvgIpc) is 3.10. The number of hydrogen-bond acceptors (Lipinski definition) is 11. The molecule has 0 amide bonds. The minimum atomic E-state index is -1.02. The SMILES string of the molecule is O=C(OCCc1ccccc1)OCc1cc(COC(=O)OCCc2ccccc2)c([N+](=O)[O-])c(COC(=O)OCCc2ccccc2)c1. The van der Waals surface area contributed by atoms with Crippen molar-refractivity contribution in [3.8, 4) is 0 Å². The Balaban J connectivity index is 1.39. The maximum atomic E-state index is 12.3. The number of benzene rings is 4. The van der Waals surface area contributed by atoms with Crippen LogP contribution in [0.25, 0.3) is 0 Å². The van der Waals surface area contributed by atoms with Gasteiger partial charge in [-0.05, 0) is 34.4 Å². The lowest BCUT2D eigenvalue weighted by Gasteiger charge is -2.13. The molecule has 0 aliphatic rings. The van der Waals surface area contributed by atoms with Crippen LogP contribution in [0.3, 0.4) is 0 Å². The van der Waals surface area contributed by atoms with Crippen molar-refractivity contribution in [2.24, 2.45) is 0 Å². The van der Waals surface area contributed by atoms with Crippen LogP contribution in [0, 0.1) is 10.1 Å². The summed E-state index contributed by atoms with van der Waals surface area (Å²) in [6.07, 6.45) is -1.60. The molecule has 250 valence electrons. The van der Waals surface area contributed by atoms with E-state index in [1.807, 2.05) is 91.0 Å². The smallest absolute Gasteiger partial charge is 0.434 e. The predicted molar refractivity (Wildman–Crippen MR) is 172 cm³/mol. The van der Waals surface area contributed by atoms with Crippen LogP contribution in [0.5, 0.6) is 0 Å². The molecule has 48 heavy (non-hydrogen) atoms. The Bertz CT molecular complexity index is 1550. The Hall–Kier alpha value is -5.91. The van der Waals surface area contributed by atoms with Gasteiger partial charge in [0.25, 0.3) is 5.69 Å². The zero-order valence-corrected chi connectivity index (χ0v) is 26.1. The molecule has 12 nitrogen and oxygen atoms in total. The van der Waals surface area contributed by atoms with E-state index in [4.69, 9.17) is 28.4 Å². The monoisotopic (exact) mass is 657 g/mol. The molecule has 12 heteroatoms. The first kappa shape index (κ1) is 35.0. The van der Waals surface area contributed by atoms with E-state index < -0.39 is 42.3 Å². The topological polar surface area (TPSA) is 150 Å². The van der Waals surface area contributed by atoms with E-state index in [2.05, 4.69) is 0 Å². The van der Waals surface area contributed by atoms with Crippen molar-refractivity contribution in [3.63, 3.8) is 0 Å². The van der Waals surface area contributed by atoms with E-state index >= 15 is 0 Å². The van der Waals surface area contributed by atoms with Crippen molar-refractivity contribution in [3.05, 3.63) is 147 Å². The molecular weight excluding hydrogens is 622 g/mol. The van der Waals surface area contributed by atoms with Crippen LogP contribution in [0.15, 0.2) is 103 Å². The second-order valence-corrected chi connectivity index (χ2v) is 10.4. The number of hydrogen-bond donors (Lipinski definition) is 0. The van der Waals surface area contributed by atoms with Crippen molar-refractivity contribution in [2.45, 2.75) is 39.1 Å². The lowest BCUT2D eigenvalue weighted by molar-refractivity contribution is -0.386. The third-order valence-electron chi connectivity index (χ3n) is 6.92. The van der Waals surface area contributed by atoms with Gasteiger partial charge in [0, 0.05) is 19.3 Å². The Morgan fingerprint density at radius 3 is 1.15 bits per heavy atom. The zero-order valence-electron chi connectivity index (χ0n) is 26.1. The Kier molecular flexibility index (Phi) is 13.8. The van der Waals surface area contributed by atoms with Gasteiger partial charge in [0.1, 0.15) is 19.8 Å². The minimum Gasteiger partial charge on any atom is -0.434 e. The number of nitro groups is 1. The first-order valence-corrected chi connectivity index (χ1v) is 15.2. The van der Waals surface area contributed by atoms with Gasteiger partial charge in [-0.3, -0.25) is 10.1 Å². The highest BCUT2D eigenvalue weighted by Crippen LogP contribution is 2.28. The highest BCUT2D eigenvalue weighted by Gasteiger charge is 2.24. The molecule has 4 aromatic carbocycles. The molecule has 0 N–H and O–H groups in total. The summed E-state index contributed by atoms with van der Waals surface area (Å²) in [5.41, 5.74) is 2.67. The maximum absolute atomic E-state index is 12.3.